The van der Waals surface area contributed by atoms with Crippen LogP contribution in [0.25, 0.3) is 0 Å². The highest BCUT2D eigenvalue weighted by molar-refractivity contribution is 5.94. The molecule has 0 radical (unpaired) electrons. The molecule has 0 aromatic heterocycles. The van der Waals surface area contributed by atoms with Gasteiger partial charge in [-0.05, 0) is 55.2 Å². The highest BCUT2D eigenvalue weighted by atomic mass is 16.2. The number of carbonyl (C=O) groups is 1. The predicted molar refractivity (Wildman–Crippen MR) is 114 cm³/mol. The van der Waals surface area contributed by atoms with Gasteiger partial charge in [0.05, 0.1) is 12.1 Å². The van der Waals surface area contributed by atoms with E-state index in [1.807, 2.05) is 29.3 Å². The van der Waals surface area contributed by atoms with Crippen LogP contribution in [0.1, 0.15) is 61.1 Å². The molecule has 1 aliphatic heterocycles. The van der Waals surface area contributed by atoms with Gasteiger partial charge in [0.25, 0.3) is 5.91 Å². The van der Waals surface area contributed by atoms with Crippen LogP contribution in [0.3, 0.4) is 0 Å². The number of benzene rings is 2. The van der Waals surface area contributed by atoms with E-state index in [1.165, 1.54) is 24.0 Å². The Balaban J connectivity index is 1.74. The molecule has 3 nitrogen and oxygen atoms in total. The summed E-state index contributed by atoms with van der Waals surface area (Å²) in [6.45, 7) is 9.04. The molecule has 1 saturated carbocycles. The number of fused-ring (bicyclic) bond motifs is 1. The maximum absolute atomic E-state index is 13.5. The molecule has 1 heterocycles. The molecule has 2 aromatic carbocycles. The van der Waals surface area contributed by atoms with Crippen LogP contribution in [-0.2, 0) is 0 Å². The number of nitrogens with one attached hydrogen (secondary N) is 1. The minimum Gasteiger partial charge on any atom is -0.270 e. The first-order valence-electron chi connectivity index (χ1n) is 10.7. The van der Waals surface area contributed by atoms with Gasteiger partial charge in [-0.15, -0.1) is 0 Å². The van der Waals surface area contributed by atoms with Crippen LogP contribution < -0.4 is 5.43 Å². The topological polar surface area (TPSA) is 32.3 Å². The Kier molecular flexibility index (Phi) is 5.29. The Bertz CT molecular complexity index is 814. The standard InChI is InChI=1S/C25H32N2O/c1-16(2)21-15-12-18(4)22-23(19-8-6-5-7-9-19)26-27(24(21)22)25(28)20-13-10-17(3)11-14-20/h5-11,13-14,16,18,21-24,26H,12,15H2,1-4H3/t18-,21-,22+,23-,24+/m1/s1. The molecule has 28 heavy (non-hydrogen) atoms. The molecule has 5 atom stereocenters. The molecule has 2 fully saturated rings. The first-order chi connectivity index (χ1) is 13.5. The fourth-order valence-corrected chi connectivity index (χ4v) is 5.37. The summed E-state index contributed by atoms with van der Waals surface area (Å²) in [6, 6.07) is 19.1. The molecule has 1 saturated heterocycles. The van der Waals surface area contributed by atoms with Crippen molar-refractivity contribution < 1.29 is 4.79 Å². The van der Waals surface area contributed by atoms with E-state index < -0.39 is 0 Å². The van der Waals surface area contributed by atoms with Gasteiger partial charge < -0.3 is 0 Å². The van der Waals surface area contributed by atoms with Crippen molar-refractivity contribution in [2.75, 3.05) is 0 Å². The van der Waals surface area contributed by atoms with Gasteiger partial charge in [0.15, 0.2) is 0 Å². The molecule has 4 rings (SSSR count). The number of hydrazine groups is 1. The van der Waals surface area contributed by atoms with E-state index in [0.29, 0.717) is 23.7 Å². The molecule has 1 N–H and O–H groups in total. The third-order valence-corrected chi connectivity index (χ3v) is 6.94. The van der Waals surface area contributed by atoms with Gasteiger partial charge in [0.1, 0.15) is 0 Å². The van der Waals surface area contributed by atoms with Gasteiger partial charge in [-0.1, -0.05) is 68.8 Å². The lowest BCUT2D eigenvalue weighted by molar-refractivity contribution is 0.0338. The Morgan fingerprint density at radius 3 is 2.36 bits per heavy atom. The van der Waals surface area contributed by atoms with Crippen LogP contribution in [0, 0.1) is 30.6 Å². The predicted octanol–water partition coefficient (Wildman–Crippen LogP) is 5.38. The molecule has 1 aliphatic carbocycles. The number of hydrogen-bond acceptors (Lipinski definition) is 2. The second kappa shape index (κ2) is 7.71. The van der Waals surface area contributed by atoms with Crippen molar-refractivity contribution >= 4 is 5.91 Å². The van der Waals surface area contributed by atoms with Gasteiger partial charge in [-0.25, -0.2) is 5.43 Å². The van der Waals surface area contributed by atoms with Crippen molar-refractivity contribution in [1.29, 1.82) is 0 Å². The van der Waals surface area contributed by atoms with Crippen molar-refractivity contribution in [2.24, 2.45) is 23.7 Å². The van der Waals surface area contributed by atoms with E-state index in [0.717, 1.165) is 5.56 Å². The van der Waals surface area contributed by atoms with Crippen LogP contribution in [0.2, 0.25) is 0 Å². The smallest absolute Gasteiger partial charge is 0.268 e. The van der Waals surface area contributed by atoms with Crippen molar-refractivity contribution in [3.05, 3.63) is 71.3 Å². The molecule has 0 bridgehead atoms. The molecule has 2 aliphatic rings. The largest absolute Gasteiger partial charge is 0.270 e. The van der Waals surface area contributed by atoms with Crippen molar-refractivity contribution in [3.63, 3.8) is 0 Å². The van der Waals surface area contributed by atoms with Crippen LogP contribution in [0.4, 0.5) is 0 Å². The summed E-state index contributed by atoms with van der Waals surface area (Å²) in [6.07, 6.45) is 2.43. The Hall–Kier alpha value is -2.13. The molecular formula is C25H32N2O. The monoisotopic (exact) mass is 376 g/mol. The van der Waals surface area contributed by atoms with Crippen molar-refractivity contribution in [3.8, 4) is 0 Å². The van der Waals surface area contributed by atoms with Gasteiger partial charge in [0.2, 0.25) is 0 Å². The second-order valence-corrected chi connectivity index (χ2v) is 9.09. The third kappa shape index (κ3) is 3.37. The maximum atomic E-state index is 13.5. The summed E-state index contributed by atoms with van der Waals surface area (Å²) >= 11 is 0. The summed E-state index contributed by atoms with van der Waals surface area (Å²) < 4.78 is 0. The second-order valence-electron chi connectivity index (χ2n) is 9.09. The summed E-state index contributed by atoms with van der Waals surface area (Å²) in [5, 5.41) is 1.99. The van der Waals surface area contributed by atoms with Gasteiger partial charge in [-0.3, -0.25) is 9.80 Å². The Morgan fingerprint density at radius 2 is 1.71 bits per heavy atom. The quantitative estimate of drug-likeness (QED) is 0.779. The SMILES string of the molecule is Cc1ccc(C(=O)N2N[C@H](c3ccccc3)[C@H]3[C@@H]2[C@@H](C(C)C)CC[C@H]3C)cc1. The van der Waals surface area contributed by atoms with Crippen LogP contribution in [-0.4, -0.2) is 17.0 Å². The molecule has 0 spiro atoms. The molecule has 3 heteroatoms. The fourth-order valence-electron chi connectivity index (χ4n) is 5.37. The van der Waals surface area contributed by atoms with Crippen molar-refractivity contribution in [1.82, 2.24) is 10.4 Å². The first-order valence-corrected chi connectivity index (χ1v) is 10.7. The number of aryl methyl sites for hydroxylation is 1. The Morgan fingerprint density at radius 1 is 1.04 bits per heavy atom. The third-order valence-electron chi connectivity index (χ3n) is 6.94. The van der Waals surface area contributed by atoms with E-state index in [9.17, 15) is 4.79 Å². The number of nitrogens with zero attached hydrogens (tertiary/aromatic N) is 1. The molecule has 148 valence electrons. The lowest BCUT2D eigenvalue weighted by Crippen LogP contribution is -2.50. The average Bonchev–Trinajstić information content (AvgIpc) is 3.10. The Labute approximate surface area is 169 Å². The average molecular weight is 377 g/mol. The van der Waals surface area contributed by atoms with E-state index >= 15 is 0 Å². The molecule has 1 amide bonds. The van der Waals surface area contributed by atoms with Gasteiger partial charge in [0, 0.05) is 11.5 Å². The summed E-state index contributed by atoms with van der Waals surface area (Å²) in [4.78, 5) is 13.5. The van der Waals surface area contributed by atoms with E-state index in [-0.39, 0.29) is 18.0 Å². The lowest BCUT2D eigenvalue weighted by Gasteiger charge is -2.43. The number of amides is 1. The first kappa shape index (κ1) is 19.2. The van der Waals surface area contributed by atoms with Crippen LogP contribution >= 0.6 is 0 Å². The molecule has 2 aromatic rings. The summed E-state index contributed by atoms with van der Waals surface area (Å²) in [5.74, 6) is 2.22. The van der Waals surface area contributed by atoms with E-state index in [4.69, 9.17) is 0 Å². The molecular weight excluding hydrogens is 344 g/mol. The summed E-state index contributed by atoms with van der Waals surface area (Å²) in [5.41, 5.74) is 6.89. The minimum absolute atomic E-state index is 0.105. The highest BCUT2D eigenvalue weighted by Gasteiger charge is 2.52. The zero-order valence-electron chi connectivity index (χ0n) is 17.4. The normalized spacial score (nSPS) is 29.8. The zero-order chi connectivity index (χ0) is 19.8. The van der Waals surface area contributed by atoms with E-state index in [1.54, 1.807) is 0 Å². The maximum Gasteiger partial charge on any atom is 0.268 e. The van der Waals surface area contributed by atoms with Crippen LogP contribution in [0.15, 0.2) is 54.6 Å². The number of carbonyl (C=O) groups excluding carboxylic acids is 1. The minimum atomic E-state index is 0.105. The zero-order valence-corrected chi connectivity index (χ0v) is 17.4. The van der Waals surface area contributed by atoms with Gasteiger partial charge in [-0.2, -0.15) is 0 Å². The van der Waals surface area contributed by atoms with Crippen LogP contribution in [0.5, 0.6) is 0 Å². The van der Waals surface area contributed by atoms with Gasteiger partial charge >= 0.3 is 0 Å². The lowest BCUT2D eigenvalue weighted by atomic mass is 9.65. The number of rotatable bonds is 3. The summed E-state index contributed by atoms with van der Waals surface area (Å²) in [7, 11) is 0. The molecule has 0 unspecified atom stereocenters. The fraction of sp³-hybridized carbons (Fsp3) is 0.480. The number of hydrogen-bond donors (Lipinski definition) is 1. The van der Waals surface area contributed by atoms with E-state index in [2.05, 4.69) is 63.5 Å². The van der Waals surface area contributed by atoms with Crippen molar-refractivity contribution in [2.45, 2.75) is 52.6 Å². The highest BCUT2D eigenvalue weighted by Crippen LogP contribution is 2.49.